The Bertz CT molecular complexity index is 584. The highest BCUT2D eigenvalue weighted by Gasteiger charge is 2.20. The lowest BCUT2D eigenvalue weighted by molar-refractivity contribution is -0.112. The molecule has 118 valence electrons. The first kappa shape index (κ1) is 17.0. The van der Waals surface area contributed by atoms with Crippen molar-refractivity contribution in [3.8, 4) is 0 Å². The van der Waals surface area contributed by atoms with E-state index in [1.807, 2.05) is 41.1 Å². The Labute approximate surface area is 145 Å². The molecule has 0 fully saturated rings. The zero-order chi connectivity index (χ0) is 15.9. The second kappa shape index (κ2) is 8.31. The van der Waals surface area contributed by atoms with Crippen LogP contribution in [0.25, 0.3) is 0 Å². The number of oxime groups is 1. The number of aryl methyl sites for hydroxylation is 1. The van der Waals surface area contributed by atoms with Crippen LogP contribution in [0.3, 0.4) is 0 Å². The SMILES string of the molecule is C=CC(=O)N(I)c1ccc2c(c1)CC/C2=N/OCCCCC. The van der Waals surface area contributed by atoms with E-state index in [4.69, 9.17) is 4.84 Å². The van der Waals surface area contributed by atoms with Gasteiger partial charge in [-0.3, -0.25) is 4.79 Å². The number of hydrogen-bond acceptors (Lipinski definition) is 3. The average Bonchev–Trinajstić information content (AvgIpc) is 2.95. The number of rotatable bonds is 7. The first-order chi connectivity index (χ1) is 10.7. The molecule has 1 aromatic carbocycles. The Morgan fingerprint density at radius 3 is 3.00 bits per heavy atom. The predicted molar refractivity (Wildman–Crippen MR) is 98.5 cm³/mol. The van der Waals surface area contributed by atoms with Gasteiger partial charge in [-0.05, 0) is 43.0 Å². The minimum atomic E-state index is -0.119. The lowest BCUT2D eigenvalue weighted by Crippen LogP contribution is -2.16. The van der Waals surface area contributed by atoms with Gasteiger partial charge in [-0.2, -0.15) is 0 Å². The zero-order valence-electron chi connectivity index (χ0n) is 12.8. The molecule has 0 unspecified atom stereocenters. The van der Waals surface area contributed by atoms with Gasteiger partial charge in [-0.25, -0.2) is 3.11 Å². The van der Waals surface area contributed by atoms with Crippen LogP contribution in [0.2, 0.25) is 0 Å². The molecule has 0 heterocycles. The normalized spacial score (nSPS) is 14.7. The van der Waals surface area contributed by atoms with Crippen molar-refractivity contribution in [3.05, 3.63) is 42.0 Å². The van der Waals surface area contributed by atoms with E-state index in [9.17, 15) is 4.79 Å². The van der Waals surface area contributed by atoms with Crippen molar-refractivity contribution in [1.82, 2.24) is 0 Å². The lowest BCUT2D eigenvalue weighted by Gasteiger charge is -2.13. The highest BCUT2D eigenvalue weighted by Crippen LogP contribution is 2.29. The summed E-state index contributed by atoms with van der Waals surface area (Å²) in [6.07, 6.45) is 6.55. The Balaban J connectivity index is 2.05. The van der Waals surface area contributed by atoms with E-state index < -0.39 is 0 Å². The summed E-state index contributed by atoms with van der Waals surface area (Å²) >= 11 is 2.00. The highest BCUT2D eigenvalue weighted by atomic mass is 127. The van der Waals surface area contributed by atoms with E-state index in [0.717, 1.165) is 36.2 Å². The molecule has 5 heteroatoms. The van der Waals surface area contributed by atoms with Gasteiger partial charge < -0.3 is 4.84 Å². The molecule has 0 spiro atoms. The maximum atomic E-state index is 11.7. The number of benzene rings is 1. The summed E-state index contributed by atoms with van der Waals surface area (Å²) in [6.45, 7) is 6.37. The van der Waals surface area contributed by atoms with Crippen molar-refractivity contribution in [3.63, 3.8) is 0 Å². The van der Waals surface area contributed by atoms with Crippen LogP contribution < -0.4 is 3.11 Å². The third kappa shape index (κ3) is 4.09. The molecular formula is C17H21IN2O2. The number of fused-ring (bicyclic) bond motifs is 1. The molecule has 0 N–H and O–H groups in total. The fourth-order valence-corrected chi connectivity index (χ4v) is 2.92. The van der Waals surface area contributed by atoms with E-state index in [1.165, 1.54) is 24.5 Å². The summed E-state index contributed by atoms with van der Waals surface area (Å²) in [5, 5.41) is 4.28. The van der Waals surface area contributed by atoms with Crippen molar-refractivity contribution in [2.45, 2.75) is 39.0 Å². The Morgan fingerprint density at radius 2 is 2.27 bits per heavy atom. The quantitative estimate of drug-likeness (QED) is 0.219. The van der Waals surface area contributed by atoms with Crippen LogP contribution in [-0.2, 0) is 16.1 Å². The number of halogens is 1. The molecule has 4 nitrogen and oxygen atoms in total. The molecular weight excluding hydrogens is 391 g/mol. The van der Waals surface area contributed by atoms with Gasteiger partial charge in [0.15, 0.2) is 0 Å². The fourth-order valence-electron chi connectivity index (χ4n) is 2.42. The molecule has 0 atom stereocenters. The molecule has 2 rings (SSSR count). The molecule has 1 aliphatic rings. The number of anilines is 1. The summed E-state index contributed by atoms with van der Waals surface area (Å²) in [7, 11) is 0. The van der Waals surface area contributed by atoms with E-state index in [2.05, 4.69) is 18.7 Å². The molecule has 0 aliphatic heterocycles. The minimum Gasteiger partial charge on any atom is -0.396 e. The zero-order valence-corrected chi connectivity index (χ0v) is 15.0. The first-order valence-corrected chi connectivity index (χ1v) is 8.58. The Morgan fingerprint density at radius 1 is 1.45 bits per heavy atom. The van der Waals surface area contributed by atoms with Crippen LogP contribution in [0.15, 0.2) is 36.0 Å². The van der Waals surface area contributed by atoms with Crippen LogP contribution in [0.1, 0.15) is 43.7 Å². The third-order valence-electron chi connectivity index (χ3n) is 3.64. The second-order valence-electron chi connectivity index (χ2n) is 5.24. The predicted octanol–water partition coefficient (Wildman–Crippen LogP) is 4.41. The molecule has 1 aliphatic carbocycles. The van der Waals surface area contributed by atoms with Gasteiger partial charge >= 0.3 is 0 Å². The second-order valence-corrected chi connectivity index (χ2v) is 6.21. The number of carbonyl (C=O) groups is 1. The van der Waals surface area contributed by atoms with Crippen LogP contribution >= 0.6 is 22.9 Å². The lowest BCUT2D eigenvalue weighted by atomic mass is 10.1. The fraction of sp³-hybridized carbons (Fsp3) is 0.412. The third-order valence-corrected chi connectivity index (χ3v) is 4.67. The monoisotopic (exact) mass is 412 g/mol. The largest absolute Gasteiger partial charge is 0.396 e. The summed E-state index contributed by atoms with van der Waals surface area (Å²) in [4.78, 5) is 17.1. The molecule has 0 saturated heterocycles. The van der Waals surface area contributed by atoms with Gasteiger partial charge in [-0.1, -0.05) is 37.6 Å². The standard InChI is InChI=1S/C17H21IN2O2/c1-3-5-6-11-22-19-16-10-7-13-12-14(8-9-15(13)16)20(18)17(21)4-2/h4,8-9,12H,2-3,5-7,10-11H2,1H3/b19-16-. The highest BCUT2D eigenvalue weighted by molar-refractivity contribution is 14.1. The van der Waals surface area contributed by atoms with Crippen LogP contribution in [-0.4, -0.2) is 18.2 Å². The molecule has 0 aromatic heterocycles. The van der Waals surface area contributed by atoms with Crippen molar-refractivity contribution in [1.29, 1.82) is 0 Å². The van der Waals surface area contributed by atoms with Crippen molar-refractivity contribution >= 4 is 40.2 Å². The van der Waals surface area contributed by atoms with Crippen LogP contribution in [0.4, 0.5) is 5.69 Å². The molecule has 1 aromatic rings. The molecule has 22 heavy (non-hydrogen) atoms. The van der Waals surface area contributed by atoms with E-state index in [-0.39, 0.29) is 5.91 Å². The Kier molecular flexibility index (Phi) is 6.42. The van der Waals surface area contributed by atoms with Crippen molar-refractivity contribution in [2.75, 3.05) is 9.72 Å². The average molecular weight is 412 g/mol. The molecule has 0 saturated carbocycles. The van der Waals surface area contributed by atoms with E-state index in [1.54, 1.807) is 3.11 Å². The first-order valence-electron chi connectivity index (χ1n) is 7.61. The molecule has 0 bridgehead atoms. The number of unbranched alkanes of at least 4 members (excludes halogenated alkanes) is 2. The minimum absolute atomic E-state index is 0.119. The number of hydrogen-bond donors (Lipinski definition) is 0. The van der Waals surface area contributed by atoms with Gasteiger partial charge in [0.2, 0.25) is 0 Å². The smallest absolute Gasteiger partial charge is 0.259 e. The van der Waals surface area contributed by atoms with Crippen LogP contribution in [0, 0.1) is 0 Å². The van der Waals surface area contributed by atoms with E-state index >= 15 is 0 Å². The van der Waals surface area contributed by atoms with Gasteiger partial charge in [-0.15, -0.1) is 0 Å². The maximum Gasteiger partial charge on any atom is 0.259 e. The summed E-state index contributed by atoms with van der Waals surface area (Å²) < 4.78 is 1.57. The molecule has 1 amide bonds. The van der Waals surface area contributed by atoms with Crippen LogP contribution in [0.5, 0.6) is 0 Å². The van der Waals surface area contributed by atoms with Gasteiger partial charge in [0, 0.05) is 5.56 Å². The van der Waals surface area contributed by atoms with Gasteiger partial charge in [0.1, 0.15) is 6.61 Å². The number of nitrogens with zero attached hydrogens (tertiary/aromatic N) is 2. The Hall–Kier alpha value is -1.37. The summed E-state index contributed by atoms with van der Waals surface area (Å²) in [6, 6.07) is 6.00. The van der Waals surface area contributed by atoms with E-state index in [0.29, 0.717) is 6.61 Å². The number of carbonyl (C=O) groups excluding carboxylic acids is 1. The topological polar surface area (TPSA) is 41.9 Å². The van der Waals surface area contributed by atoms with Crippen molar-refractivity contribution < 1.29 is 9.63 Å². The molecule has 0 radical (unpaired) electrons. The maximum absolute atomic E-state index is 11.7. The van der Waals surface area contributed by atoms with Crippen molar-refractivity contribution in [2.24, 2.45) is 5.16 Å². The summed E-state index contributed by atoms with van der Waals surface area (Å²) in [5.41, 5.74) is 4.23. The number of amides is 1. The van der Waals surface area contributed by atoms with Gasteiger partial charge in [0.05, 0.1) is 34.3 Å². The summed E-state index contributed by atoms with van der Waals surface area (Å²) in [5.74, 6) is -0.119. The van der Waals surface area contributed by atoms with Gasteiger partial charge in [0.25, 0.3) is 5.91 Å².